The first-order valence-corrected chi connectivity index (χ1v) is 21.9. The van der Waals surface area contributed by atoms with Gasteiger partial charge in [0, 0.05) is 56.5 Å². The Morgan fingerprint density at radius 2 is 1.81 bits per heavy atom. The number of halogens is 3. The number of nitrogens with two attached hydrogens (primary N) is 1. The summed E-state index contributed by atoms with van der Waals surface area (Å²) in [5.74, 6) is 0.726. The van der Waals surface area contributed by atoms with Crippen LogP contribution in [0.5, 0.6) is 0 Å². The molecule has 63 heavy (non-hydrogen) atoms. The number of amides is 2. The maximum Gasteiger partial charge on any atom is 0.245 e. The molecule has 4 aromatic heterocycles. The van der Waals surface area contributed by atoms with Gasteiger partial charge < -0.3 is 34.6 Å². The van der Waals surface area contributed by atoms with Gasteiger partial charge in [-0.15, -0.1) is 0 Å². The van der Waals surface area contributed by atoms with Gasteiger partial charge in [-0.3, -0.25) is 9.59 Å². The number of aromatic nitrogens is 7. The van der Waals surface area contributed by atoms with E-state index >= 15 is 9.18 Å². The maximum absolute atomic E-state index is 15.4. The van der Waals surface area contributed by atoms with Crippen LogP contribution in [0.1, 0.15) is 44.3 Å². The van der Waals surface area contributed by atoms with Crippen molar-refractivity contribution < 1.29 is 27.5 Å². The normalized spacial score (nSPS) is 25.5. The lowest BCUT2D eigenvalue weighted by molar-refractivity contribution is -0.140. The zero-order valence-corrected chi connectivity index (χ0v) is 34.6. The van der Waals surface area contributed by atoms with Crippen LogP contribution in [0.2, 0.25) is 0 Å². The second kappa shape index (κ2) is 14.4. The largest absolute Gasteiger partial charge is 0.384 e. The van der Waals surface area contributed by atoms with Gasteiger partial charge in [0.15, 0.2) is 11.5 Å². The van der Waals surface area contributed by atoms with E-state index in [2.05, 4.69) is 15.0 Å². The SMILES string of the molecule is Cc1nc2cc(F)cc(-c3cccc(N)n3)c2n1C[C@H]1CN(C(=O)[C@@H]2CC3CC3N2c2nc(N3[C@@H]4C[C@H]3C(=O)N(CC3CC3)C4)nc3c2cnn3-c2ccc(F)cc2F)CCCO1. The third-order valence-electron chi connectivity index (χ3n) is 13.9. The number of hydrogen-bond donors (Lipinski definition) is 1. The molecule has 0 spiro atoms. The highest BCUT2D eigenvalue weighted by Gasteiger charge is 2.57. The molecule has 6 aromatic rings. The number of imidazole rings is 1. The summed E-state index contributed by atoms with van der Waals surface area (Å²) in [4.78, 5) is 56.1. The van der Waals surface area contributed by atoms with E-state index in [1.54, 1.807) is 24.4 Å². The number of aryl methyl sites for hydroxylation is 1. The van der Waals surface area contributed by atoms with E-state index in [0.717, 1.165) is 31.9 Å². The van der Waals surface area contributed by atoms with E-state index in [4.69, 9.17) is 25.4 Å². The first-order chi connectivity index (χ1) is 30.6. The number of hydrogen-bond acceptors (Lipinski definition) is 11. The van der Waals surface area contributed by atoms with E-state index in [0.29, 0.717) is 115 Å². The van der Waals surface area contributed by atoms with Gasteiger partial charge in [0.2, 0.25) is 17.8 Å². The standard InChI is InChI=1S/C45H45F3N12O3/c1-23-51-34-16-27(47)14-30(33-4-2-5-39(49)52-33)40(34)57(23)22-29-21-55(10-3-11-63-29)43(61)37-13-25-12-36(25)59(37)41-31-18-50-60(35-9-8-26(46)15-32(35)48)42(31)54-45(53-41)58-28-17-38(58)44(62)56(20-28)19-24-6-7-24/h2,4-5,8-9,14-16,18,24-25,28-29,36-38H,3,6-7,10-13,17,19-22H2,1H3,(H2,49,52)/t25?,28-,29-,36?,37+,38+/m1/s1. The topological polar surface area (TPSA) is 157 Å². The van der Waals surface area contributed by atoms with Crippen LogP contribution in [0.4, 0.5) is 30.8 Å². The molecule has 2 saturated carbocycles. The second-order valence-corrected chi connectivity index (χ2v) is 18.1. The molecular weight excluding hydrogens is 814 g/mol. The minimum atomic E-state index is -0.799. The van der Waals surface area contributed by atoms with Gasteiger partial charge in [-0.05, 0) is 87.6 Å². The van der Waals surface area contributed by atoms with Crippen LogP contribution in [-0.2, 0) is 20.9 Å². The molecule has 15 nitrogen and oxygen atoms in total. The molecule has 2 aliphatic carbocycles. The first kappa shape index (κ1) is 38.4. The molecule has 9 heterocycles. The zero-order valence-electron chi connectivity index (χ0n) is 34.6. The molecule has 18 heteroatoms. The van der Waals surface area contributed by atoms with Crippen molar-refractivity contribution in [3.05, 3.63) is 78.0 Å². The molecule has 5 aliphatic heterocycles. The molecule has 2 unspecified atom stereocenters. The molecule has 7 fully saturated rings. The third-order valence-corrected chi connectivity index (χ3v) is 13.9. The molecule has 7 aliphatic rings. The number of benzene rings is 2. The van der Waals surface area contributed by atoms with Crippen LogP contribution in [0.15, 0.2) is 54.7 Å². The fraction of sp³-hybridized carbons (Fsp3) is 0.444. The Morgan fingerprint density at radius 1 is 0.937 bits per heavy atom. The summed E-state index contributed by atoms with van der Waals surface area (Å²) < 4.78 is 54.3. The number of nitrogen functional groups attached to an aromatic ring is 1. The summed E-state index contributed by atoms with van der Waals surface area (Å²) in [7, 11) is 0. The number of piperidine rings is 2. The summed E-state index contributed by atoms with van der Waals surface area (Å²) in [5, 5.41) is 5.10. The second-order valence-electron chi connectivity index (χ2n) is 18.1. The Hall–Kier alpha value is -6.30. The average molecular weight is 859 g/mol. The van der Waals surface area contributed by atoms with Crippen molar-refractivity contribution in [2.45, 2.75) is 82.3 Å². The predicted octanol–water partition coefficient (Wildman–Crippen LogP) is 5.02. The number of fused-ring (bicyclic) bond motifs is 5. The molecule has 2 amide bonds. The highest BCUT2D eigenvalue weighted by Crippen LogP contribution is 2.52. The Balaban J connectivity index is 0.879. The monoisotopic (exact) mass is 858 g/mol. The van der Waals surface area contributed by atoms with Crippen molar-refractivity contribution in [1.82, 2.24) is 44.1 Å². The Kier molecular flexibility index (Phi) is 8.75. The predicted molar refractivity (Wildman–Crippen MR) is 226 cm³/mol. The lowest BCUT2D eigenvalue weighted by Crippen LogP contribution is -2.72. The van der Waals surface area contributed by atoms with E-state index in [-0.39, 0.29) is 35.5 Å². The van der Waals surface area contributed by atoms with Crippen LogP contribution in [-0.4, -0.2) is 119 Å². The number of nitrogens with zero attached hydrogens (tertiary/aromatic N) is 11. The summed E-state index contributed by atoms with van der Waals surface area (Å²) in [6.45, 7) is 4.82. The quantitative estimate of drug-likeness (QED) is 0.208. The van der Waals surface area contributed by atoms with E-state index < -0.39 is 35.6 Å². The van der Waals surface area contributed by atoms with E-state index in [1.807, 2.05) is 26.2 Å². The minimum Gasteiger partial charge on any atom is -0.384 e. The number of carbonyl (C=O) groups excluding carboxylic acids is 2. The van der Waals surface area contributed by atoms with Crippen LogP contribution in [0.3, 0.4) is 0 Å². The molecule has 2 aromatic carbocycles. The number of anilines is 3. The van der Waals surface area contributed by atoms with Gasteiger partial charge >= 0.3 is 0 Å². The van der Waals surface area contributed by atoms with Gasteiger partial charge in [0.05, 0.1) is 47.0 Å². The molecule has 5 saturated heterocycles. The van der Waals surface area contributed by atoms with Gasteiger partial charge in [-0.25, -0.2) is 27.8 Å². The lowest BCUT2D eigenvalue weighted by atomic mass is 9.87. The smallest absolute Gasteiger partial charge is 0.245 e. The molecule has 2 N–H and O–H groups in total. The fourth-order valence-corrected chi connectivity index (χ4v) is 10.6. The van der Waals surface area contributed by atoms with Gasteiger partial charge in [0.25, 0.3) is 0 Å². The molecule has 6 atom stereocenters. The number of piperazine rings is 1. The van der Waals surface area contributed by atoms with Crippen molar-refractivity contribution >= 4 is 51.5 Å². The first-order valence-electron chi connectivity index (χ1n) is 21.9. The van der Waals surface area contributed by atoms with Crippen molar-refractivity contribution in [1.29, 1.82) is 0 Å². The zero-order chi connectivity index (χ0) is 42.8. The fourth-order valence-electron chi connectivity index (χ4n) is 10.6. The average Bonchev–Trinajstić information content (AvgIpc) is 4.14. The molecular formula is C45H45F3N12O3. The van der Waals surface area contributed by atoms with Crippen LogP contribution in [0, 0.1) is 36.2 Å². The Bertz CT molecular complexity index is 2860. The van der Waals surface area contributed by atoms with Crippen LogP contribution in [0.25, 0.3) is 39.0 Å². The van der Waals surface area contributed by atoms with Gasteiger partial charge in [0.1, 0.15) is 46.9 Å². The molecule has 13 rings (SSSR count). The number of pyridine rings is 1. The Labute approximate surface area is 359 Å². The highest BCUT2D eigenvalue weighted by molar-refractivity contribution is 5.96. The summed E-state index contributed by atoms with van der Waals surface area (Å²) >= 11 is 0. The third kappa shape index (κ3) is 6.46. The summed E-state index contributed by atoms with van der Waals surface area (Å²) in [5.41, 5.74) is 8.63. The lowest BCUT2D eigenvalue weighted by Gasteiger charge is -2.55. The Morgan fingerprint density at radius 3 is 2.62 bits per heavy atom. The van der Waals surface area contributed by atoms with E-state index in [1.165, 1.54) is 28.9 Å². The van der Waals surface area contributed by atoms with Crippen LogP contribution < -0.4 is 15.5 Å². The maximum atomic E-state index is 15.4. The number of rotatable bonds is 9. The van der Waals surface area contributed by atoms with Gasteiger partial charge in [-0.1, -0.05) is 6.07 Å². The summed E-state index contributed by atoms with van der Waals surface area (Å²) in [6.07, 6.45) is 6.31. The van der Waals surface area contributed by atoms with E-state index in [9.17, 15) is 13.6 Å². The molecule has 2 bridgehead atoms. The van der Waals surface area contributed by atoms with Crippen molar-refractivity contribution in [3.8, 4) is 16.9 Å². The molecule has 0 radical (unpaired) electrons. The minimum absolute atomic E-state index is 0.0165. The van der Waals surface area contributed by atoms with Gasteiger partial charge in [-0.2, -0.15) is 15.1 Å². The number of carbonyl (C=O) groups is 2. The molecule has 324 valence electrons. The van der Waals surface area contributed by atoms with Crippen LogP contribution >= 0.6 is 0 Å². The highest BCUT2D eigenvalue weighted by atomic mass is 19.1. The van der Waals surface area contributed by atoms with Crippen molar-refractivity contribution in [3.63, 3.8) is 0 Å². The summed E-state index contributed by atoms with van der Waals surface area (Å²) in [6, 6.07) is 10.5. The number of ether oxygens (including phenoxy) is 1. The van der Waals surface area contributed by atoms with Crippen molar-refractivity contribution in [2.24, 2.45) is 11.8 Å². The van der Waals surface area contributed by atoms with Crippen molar-refractivity contribution in [2.75, 3.05) is 48.3 Å².